The third-order valence-electron chi connectivity index (χ3n) is 3.98. The highest BCUT2D eigenvalue weighted by Gasteiger charge is 2.25. The number of amides is 2. The molecular weight excluding hydrogens is 332 g/mol. The molecule has 1 aromatic rings. The molecule has 0 unspecified atom stereocenters. The molecule has 26 heavy (non-hydrogen) atoms. The third kappa shape index (κ3) is 6.37. The maximum Gasteiger partial charge on any atom is 0.410 e. The van der Waals surface area contributed by atoms with Crippen molar-refractivity contribution in [2.45, 2.75) is 32.8 Å². The predicted octanol–water partition coefficient (Wildman–Crippen LogP) is 2.44. The molecule has 140 valence electrons. The molecule has 7 nitrogen and oxygen atoms in total. The van der Waals surface area contributed by atoms with E-state index >= 15 is 0 Å². The van der Waals surface area contributed by atoms with Crippen LogP contribution in [0, 0.1) is 11.3 Å². The van der Waals surface area contributed by atoms with Crippen LogP contribution in [0.3, 0.4) is 0 Å². The molecule has 1 aromatic carbocycles. The molecule has 2 amide bonds. The van der Waals surface area contributed by atoms with Gasteiger partial charge in [0, 0.05) is 44.8 Å². The zero-order chi connectivity index (χ0) is 19.2. The Hall–Kier alpha value is -2.59. The Morgan fingerprint density at radius 1 is 1.15 bits per heavy atom. The Bertz CT molecular complexity index is 666. The Balaban J connectivity index is 1.70. The van der Waals surface area contributed by atoms with E-state index < -0.39 is 5.60 Å². The van der Waals surface area contributed by atoms with Gasteiger partial charge in [0.2, 0.25) is 5.91 Å². The van der Waals surface area contributed by atoms with Crippen molar-refractivity contribution in [1.29, 1.82) is 5.26 Å². The van der Waals surface area contributed by atoms with Crippen LogP contribution in [-0.2, 0) is 9.53 Å². The average molecular weight is 358 g/mol. The topological polar surface area (TPSA) is 85.7 Å². The molecule has 0 bridgehead atoms. The lowest BCUT2D eigenvalue weighted by atomic mass is 10.2. The van der Waals surface area contributed by atoms with Crippen LogP contribution in [0.1, 0.15) is 32.8 Å². The molecule has 1 aliphatic rings. The molecule has 2 rings (SSSR count). The second-order valence-electron chi connectivity index (χ2n) is 7.30. The molecular formula is C19H26N4O3. The molecule has 0 aromatic heterocycles. The summed E-state index contributed by atoms with van der Waals surface area (Å²) < 4.78 is 5.38. The summed E-state index contributed by atoms with van der Waals surface area (Å²) in [5.74, 6) is -0.0655. The molecule has 1 saturated heterocycles. The van der Waals surface area contributed by atoms with E-state index in [0.717, 1.165) is 13.1 Å². The van der Waals surface area contributed by atoms with Gasteiger partial charge in [-0.25, -0.2) is 4.79 Å². The van der Waals surface area contributed by atoms with Gasteiger partial charge in [-0.05, 0) is 45.0 Å². The second kappa shape index (κ2) is 8.68. The van der Waals surface area contributed by atoms with E-state index in [0.29, 0.717) is 37.3 Å². The summed E-state index contributed by atoms with van der Waals surface area (Å²) in [6.45, 7) is 8.87. The Morgan fingerprint density at radius 3 is 2.31 bits per heavy atom. The van der Waals surface area contributed by atoms with Crippen molar-refractivity contribution < 1.29 is 14.3 Å². The maximum absolute atomic E-state index is 12.1. The fourth-order valence-electron chi connectivity index (χ4n) is 2.59. The Kier molecular flexibility index (Phi) is 6.58. The fourth-order valence-corrected chi connectivity index (χ4v) is 2.59. The van der Waals surface area contributed by atoms with Gasteiger partial charge < -0.3 is 15.0 Å². The molecule has 0 aliphatic carbocycles. The van der Waals surface area contributed by atoms with Crippen molar-refractivity contribution in [1.82, 2.24) is 9.80 Å². The largest absolute Gasteiger partial charge is 0.444 e. The minimum Gasteiger partial charge on any atom is -0.444 e. The molecule has 1 fully saturated rings. The van der Waals surface area contributed by atoms with Crippen molar-refractivity contribution in [2.75, 3.05) is 38.0 Å². The van der Waals surface area contributed by atoms with Crippen molar-refractivity contribution >= 4 is 17.7 Å². The van der Waals surface area contributed by atoms with E-state index in [4.69, 9.17) is 10.00 Å². The van der Waals surface area contributed by atoms with Gasteiger partial charge >= 0.3 is 6.09 Å². The molecule has 0 spiro atoms. The van der Waals surface area contributed by atoms with Crippen LogP contribution in [0.15, 0.2) is 24.3 Å². The SMILES string of the molecule is CC(C)(C)OC(=O)N1CCN(CCC(=O)Nc2ccc(C#N)cc2)CC1. The molecule has 0 radical (unpaired) electrons. The van der Waals surface area contributed by atoms with Gasteiger partial charge in [0.1, 0.15) is 5.60 Å². The van der Waals surface area contributed by atoms with Gasteiger partial charge in [0.25, 0.3) is 0 Å². The first-order valence-corrected chi connectivity index (χ1v) is 8.77. The quantitative estimate of drug-likeness (QED) is 0.893. The maximum atomic E-state index is 12.1. The van der Waals surface area contributed by atoms with Gasteiger partial charge in [0.15, 0.2) is 0 Å². The normalized spacial score (nSPS) is 15.2. The highest BCUT2D eigenvalue weighted by molar-refractivity contribution is 5.90. The predicted molar refractivity (Wildman–Crippen MR) is 98.7 cm³/mol. The van der Waals surface area contributed by atoms with Crippen molar-refractivity contribution in [2.24, 2.45) is 0 Å². The van der Waals surface area contributed by atoms with Crippen molar-refractivity contribution in [3.8, 4) is 6.07 Å². The second-order valence-corrected chi connectivity index (χ2v) is 7.30. The van der Waals surface area contributed by atoms with E-state index in [1.165, 1.54) is 0 Å². The summed E-state index contributed by atoms with van der Waals surface area (Å²) in [6, 6.07) is 8.82. The standard InChI is InChI=1S/C19H26N4O3/c1-19(2,3)26-18(25)23-12-10-22(11-13-23)9-8-17(24)21-16-6-4-15(14-20)5-7-16/h4-7H,8-13H2,1-3H3,(H,21,24). The van der Waals surface area contributed by atoms with Crippen LogP contribution in [0.5, 0.6) is 0 Å². The lowest BCUT2D eigenvalue weighted by Gasteiger charge is -2.35. The van der Waals surface area contributed by atoms with Crippen LogP contribution in [0.2, 0.25) is 0 Å². The number of rotatable bonds is 4. The first kappa shape index (κ1) is 19.7. The summed E-state index contributed by atoms with van der Waals surface area (Å²) in [5.41, 5.74) is 0.757. The van der Waals surface area contributed by atoms with Gasteiger partial charge in [-0.15, -0.1) is 0 Å². The molecule has 1 heterocycles. The number of hydrogen-bond acceptors (Lipinski definition) is 5. The monoisotopic (exact) mass is 358 g/mol. The summed E-state index contributed by atoms with van der Waals surface area (Å²) in [6.07, 6.45) is 0.0996. The number of hydrogen-bond donors (Lipinski definition) is 1. The number of ether oxygens (including phenoxy) is 1. The number of benzene rings is 1. The van der Waals surface area contributed by atoms with Crippen molar-refractivity contribution in [3.05, 3.63) is 29.8 Å². The number of nitrogens with zero attached hydrogens (tertiary/aromatic N) is 3. The number of nitrogens with one attached hydrogen (secondary N) is 1. The van der Waals surface area contributed by atoms with Crippen LogP contribution < -0.4 is 5.32 Å². The van der Waals surface area contributed by atoms with Crippen molar-refractivity contribution in [3.63, 3.8) is 0 Å². The summed E-state index contributed by atoms with van der Waals surface area (Å²) in [5, 5.41) is 11.6. The zero-order valence-corrected chi connectivity index (χ0v) is 15.6. The van der Waals surface area contributed by atoms with E-state index in [1.54, 1.807) is 29.2 Å². The zero-order valence-electron chi connectivity index (χ0n) is 15.6. The van der Waals surface area contributed by atoms with Gasteiger partial charge in [0.05, 0.1) is 11.6 Å². The third-order valence-corrected chi connectivity index (χ3v) is 3.98. The van der Waals surface area contributed by atoms with Crippen LogP contribution in [-0.4, -0.2) is 60.1 Å². The number of carbonyl (C=O) groups excluding carboxylic acids is 2. The van der Waals surface area contributed by atoms with E-state index in [2.05, 4.69) is 10.2 Å². The number of piperazine rings is 1. The van der Waals surface area contributed by atoms with E-state index in [9.17, 15) is 9.59 Å². The summed E-state index contributed by atoms with van der Waals surface area (Å²) in [4.78, 5) is 28.0. The molecule has 1 aliphatic heterocycles. The highest BCUT2D eigenvalue weighted by Crippen LogP contribution is 2.12. The van der Waals surface area contributed by atoms with Gasteiger partial charge in [-0.2, -0.15) is 5.26 Å². The number of nitriles is 1. The fraction of sp³-hybridized carbons (Fsp3) is 0.526. The van der Waals surface area contributed by atoms with Crippen LogP contribution >= 0.6 is 0 Å². The number of anilines is 1. The first-order valence-electron chi connectivity index (χ1n) is 8.77. The number of carbonyl (C=O) groups is 2. The molecule has 0 atom stereocenters. The van der Waals surface area contributed by atoms with E-state index in [1.807, 2.05) is 26.8 Å². The molecule has 1 N–H and O–H groups in total. The Morgan fingerprint density at radius 2 is 1.77 bits per heavy atom. The minimum atomic E-state index is -0.488. The smallest absolute Gasteiger partial charge is 0.410 e. The van der Waals surface area contributed by atoms with E-state index in [-0.39, 0.29) is 12.0 Å². The Labute approximate surface area is 154 Å². The van der Waals surface area contributed by atoms with Gasteiger partial charge in [-0.3, -0.25) is 9.69 Å². The molecule has 0 saturated carbocycles. The van der Waals surface area contributed by atoms with Crippen LogP contribution in [0.4, 0.5) is 10.5 Å². The summed E-state index contributed by atoms with van der Waals surface area (Å²) >= 11 is 0. The van der Waals surface area contributed by atoms with Crippen LogP contribution in [0.25, 0.3) is 0 Å². The average Bonchev–Trinajstić information content (AvgIpc) is 2.59. The molecule has 7 heteroatoms. The summed E-state index contributed by atoms with van der Waals surface area (Å²) in [7, 11) is 0. The minimum absolute atomic E-state index is 0.0655. The van der Waals surface area contributed by atoms with Gasteiger partial charge in [-0.1, -0.05) is 0 Å². The first-order chi connectivity index (χ1) is 12.3. The lowest BCUT2D eigenvalue weighted by Crippen LogP contribution is -2.50. The highest BCUT2D eigenvalue weighted by atomic mass is 16.6. The lowest BCUT2D eigenvalue weighted by molar-refractivity contribution is -0.116.